The number of halogens is 3. The summed E-state index contributed by atoms with van der Waals surface area (Å²) in [7, 11) is 0. The topological polar surface area (TPSA) is 17.1 Å². The Hall–Kier alpha value is -0.0500. The van der Waals surface area contributed by atoms with Crippen LogP contribution in [0.4, 0.5) is 0 Å². The Labute approximate surface area is 102 Å². The van der Waals surface area contributed by atoms with E-state index in [1.807, 2.05) is 6.07 Å². The largest absolute Gasteiger partial charge is 0.299 e. The summed E-state index contributed by atoms with van der Waals surface area (Å²) in [6.45, 7) is 1.55. The fourth-order valence-corrected chi connectivity index (χ4v) is 1.71. The van der Waals surface area contributed by atoms with Crippen molar-refractivity contribution in [2.75, 3.05) is 0 Å². The molecule has 1 aromatic rings. The quantitative estimate of drug-likeness (QED) is 0.773. The van der Waals surface area contributed by atoms with Crippen molar-refractivity contribution in [3.05, 3.63) is 33.8 Å². The molecule has 0 aliphatic carbocycles. The fourth-order valence-electron chi connectivity index (χ4n) is 1.02. The van der Waals surface area contributed by atoms with Gasteiger partial charge in [0.05, 0.1) is 14.9 Å². The van der Waals surface area contributed by atoms with Gasteiger partial charge in [0.1, 0.15) is 5.78 Å². The van der Waals surface area contributed by atoms with Crippen LogP contribution in [0.25, 0.3) is 0 Å². The van der Waals surface area contributed by atoms with Crippen molar-refractivity contribution in [3.63, 3.8) is 0 Å². The molecule has 0 bridgehead atoms. The number of alkyl halides is 1. The van der Waals surface area contributed by atoms with Crippen LogP contribution < -0.4 is 0 Å². The first-order chi connectivity index (χ1) is 6.50. The summed E-state index contributed by atoms with van der Waals surface area (Å²) < 4.78 is 0. The summed E-state index contributed by atoms with van der Waals surface area (Å²) in [6, 6.07) is 5.38. The van der Waals surface area contributed by atoms with Crippen LogP contribution in [0.1, 0.15) is 12.5 Å². The minimum Gasteiger partial charge on any atom is -0.299 e. The van der Waals surface area contributed by atoms with Crippen LogP contribution in [0.3, 0.4) is 0 Å². The van der Waals surface area contributed by atoms with E-state index in [9.17, 15) is 4.79 Å². The maximum atomic E-state index is 11.0. The van der Waals surface area contributed by atoms with Gasteiger partial charge < -0.3 is 0 Å². The van der Waals surface area contributed by atoms with Gasteiger partial charge in [-0.1, -0.05) is 45.2 Å². The molecule has 0 amide bonds. The number of rotatable bonds is 3. The Morgan fingerprint density at radius 1 is 1.43 bits per heavy atom. The van der Waals surface area contributed by atoms with Crippen molar-refractivity contribution in [1.29, 1.82) is 0 Å². The molecule has 0 aromatic heterocycles. The van der Waals surface area contributed by atoms with Gasteiger partial charge in [-0.2, -0.15) is 0 Å². The standard InChI is InChI=1S/C10H9BrCl2O/c1-6(14)8(11)4-7-2-3-9(12)10(13)5-7/h2-3,5,8H,4H2,1H3. The molecular formula is C10H9BrCl2O. The van der Waals surface area contributed by atoms with Gasteiger partial charge in [0, 0.05) is 0 Å². The van der Waals surface area contributed by atoms with Crippen LogP contribution in [0, 0.1) is 0 Å². The number of benzene rings is 1. The van der Waals surface area contributed by atoms with E-state index in [1.165, 1.54) is 0 Å². The maximum absolute atomic E-state index is 11.0. The van der Waals surface area contributed by atoms with E-state index in [2.05, 4.69) is 15.9 Å². The Balaban J connectivity index is 2.78. The second-order valence-electron chi connectivity index (χ2n) is 3.03. The molecule has 14 heavy (non-hydrogen) atoms. The lowest BCUT2D eigenvalue weighted by atomic mass is 10.1. The summed E-state index contributed by atoms with van der Waals surface area (Å²) in [5, 5.41) is 1.05. The van der Waals surface area contributed by atoms with Crippen LogP contribution in [-0.2, 0) is 11.2 Å². The second-order valence-corrected chi connectivity index (χ2v) is 4.95. The van der Waals surface area contributed by atoms with Crippen LogP contribution in [-0.4, -0.2) is 10.6 Å². The first-order valence-corrected chi connectivity index (χ1v) is 5.76. The summed E-state index contributed by atoms with van der Waals surface area (Å²) in [5.74, 6) is 0.107. The molecule has 1 nitrogen and oxygen atoms in total. The predicted molar refractivity (Wildman–Crippen MR) is 63.6 cm³/mol. The van der Waals surface area contributed by atoms with E-state index in [0.717, 1.165) is 5.56 Å². The van der Waals surface area contributed by atoms with E-state index in [4.69, 9.17) is 23.2 Å². The molecule has 4 heteroatoms. The minimum atomic E-state index is -0.153. The molecule has 0 spiro atoms. The van der Waals surface area contributed by atoms with Crippen molar-refractivity contribution < 1.29 is 4.79 Å². The monoisotopic (exact) mass is 294 g/mol. The molecule has 1 atom stereocenters. The Bertz CT molecular complexity index is 352. The Kier molecular flexibility index (Phi) is 4.42. The van der Waals surface area contributed by atoms with Crippen LogP contribution in [0.15, 0.2) is 18.2 Å². The zero-order valence-corrected chi connectivity index (χ0v) is 10.7. The van der Waals surface area contributed by atoms with E-state index < -0.39 is 0 Å². The SMILES string of the molecule is CC(=O)C(Br)Cc1ccc(Cl)c(Cl)c1. The Morgan fingerprint density at radius 2 is 2.07 bits per heavy atom. The summed E-state index contributed by atoms with van der Waals surface area (Å²) >= 11 is 14.9. The highest BCUT2D eigenvalue weighted by Crippen LogP contribution is 2.24. The molecule has 0 aliphatic rings. The molecule has 0 saturated carbocycles. The van der Waals surface area contributed by atoms with Gasteiger partial charge in [-0.15, -0.1) is 0 Å². The molecule has 0 saturated heterocycles. The summed E-state index contributed by atoms with van der Waals surface area (Å²) in [5.41, 5.74) is 0.997. The van der Waals surface area contributed by atoms with Crippen molar-refractivity contribution in [3.8, 4) is 0 Å². The number of carbonyl (C=O) groups is 1. The molecular weight excluding hydrogens is 287 g/mol. The average Bonchev–Trinajstić information content (AvgIpc) is 2.11. The highest BCUT2D eigenvalue weighted by Gasteiger charge is 2.11. The molecule has 0 fully saturated rings. The smallest absolute Gasteiger partial charge is 0.143 e. The first kappa shape index (κ1) is 12.0. The van der Waals surface area contributed by atoms with Crippen LogP contribution in [0.2, 0.25) is 10.0 Å². The van der Waals surface area contributed by atoms with Gasteiger partial charge in [0.2, 0.25) is 0 Å². The van der Waals surface area contributed by atoms with Crippen LogP contribution in [0.5, 0.6) is 0 Å². The highest BCUT2D eigenvalue weighted by atomic mass is 79.9. The molecule has 0 aliphatic heterocycles. The number of hydrogen-bond acceptors (Lipinski definition) is 1. The lowest BCUT2D eigenvalue weighted by Gasteiger charge is -2.06. The number of ketones is 1. The number of Topliss-reactive ketones (excluding diaryl/α,β-unsaturated/α-hetero) is 1. The molecule has 1 aromatic carbocycles. The summed E-state index contributed by atoms with van der Waals surface area (Å²) in [6.07, 6.45) is 0.631. The van der Waals surface area contributed by atoms with Crippen molar-refractivity contribution >= 4 is 44.9 Å². The molecule has 0 N–H and O–H groups in total. The third-order valence-corrected chi connectivity index (χ3v) is 3.55. The number of hydrogen-bond donors (Lipinski definition) is 0. The van der Waals surface area contributed by atoms with Gasteiger partial charge in [-0.25, -0.2) is 0 Å². The average molecular weight is 296 g/mol. The van der Waals surface area contributed by atoms with E-state index in [1.54, 1.807) is 19.1 Å². The van der Waals surface area contributed by atoms with E-state index >= 15 is 0 Å². The molecule has 0 radical (unpaired) electrons. The third kappa shape index (κ3) is 3.26. The summed E-state index contributed by atoms with van der Waals surface area (Å²) in [4.78, 5) is 10.8. The van der Waals surface area contributed by atoms with E-state index in [0.29, 0.717) is 16.5 Å². The predicted octanol–water partition coefficient (Wildman–Crippen LogP) is 3.89. The zero-order chi connectivity index (χ0) is 10.7. The maximum Gasteiger partial charge on any atom is 0.143 e. The second kappa shape index (κ2) is 5.15. The van der Waals surface area contributed by atoms with Gasteiger partial charge >= 0.3 is 0 Å². The highest BCUT2D eigenvalue weighted by molar-refractivity contribution is 9.10. The first-order valence-electron chi connectivity index (χ1n) is 4.09. The zero-order valence-electron chi connectivity index (χ0n) is 7.56. The third-order valence-electron chi connectivity index (χ3n) is 1.84. The van der Waals surface area contributed by atoms with E-state index in [-0.39, 0.29) is 10.6 Å². The van der Waals surface area contributed by atoms with Gasteiger partial charge in [-0.3, -0.25) is 4.79 Å². The minimum absolute atomic E-state index is 0.107. The van der Waals surface area contributed by atoms with Gasteiger partial charge in [0.15, 0.2) is 0 Å². The fraction of sp³-hybridized carbons (Fsp3) is 0.300. The normalized spacial score (nSPS) is 12.6. The molecule has 76 valence electrons. The number of carbonyl (C=O) groups excluding carboxylic acids is 1. The van der Waals surface area contributed by atoms with Gasteiger partial charge in [-0.05, 0) is 31.0 Å². The van der Waals surface area contributed by atoms with Crippen molar-refractivity contribution in [2.45, 2.75) is 18.2 Å². The lowest BCUT2D eigenvalue weighted by Crippen LogP contribution is -2.12. The van der Waals surface area contributed by atoms with Gasteiger partial charge in [0.25, 0.3) is 0 Å². The Morgan fingerprint density at radius 3 is 2.57 bits per heavy atom. The lowest BCUT2D eigenvalue weighted by molar-refractivity contribution is -0.116. The van der Waals surface area contributed by atoms with Crippen LogP contribution >= 0.6 is 39.1 Å². The molecule has 0 heterocycles. The molecule has 1 rings (SSSR count). The van der Waals surface area contributed by atoms with Crippen molar-refractivity contribution in [1.82, 2.24) is 0 Å². The molecule has 1 unspecified atom stereocenters. The van der Waals surface area contributed by atoms with Crippen molar-refractivity contribution in [2.24, 2.45) is 0 Å².